The summed E-state index contributed by atoms with van der Waals surface area (Å²) >= 11 is 0. The molecule has 1 heterocycles. The molecule has 17 heavy (non-hydrogen) atoms. The summed E-state index contributed by atoms with van der Waals surface area (Å²) in [6.07, 6.45) is 1.46. The molecule has 1 atom stereocenters. The van der Waals surface area contributed by atoms with E-state index in [-0.39, 0.29) is 5.97 Å². The normalized spacial score (nSPS) is 11.8. The zero-order valence-corrected chi connectivity index (χ0v) is 10.6. The molecule has 0 radical (unpaired) electrons. The van der Waals surface area contributed by atoms with Crippen molar-refractivity contribution >= 4 is 17.6 Å². The van der Waals surface area contributed by atoms with Crippen molar-refractivity contribution in [2.75, 3.05) is 24.3 Å². The molecule has 0 fully saturated rings. The van der Waals surface area contributed by atoms with E-state index in [0.717, 1.165) is 17.9 Å². The molecule has 0 spiro atoms. The van der Waals surface area contributed by atoms with Crippen LogP contribution in [0.2, 0.25) is 0 Å². The number of ether oxygens (including phenoxy) is 1. The van der Waals surface area contributed by atoms with Crippen LogP contribution in [-0.4, -0.2) is 35.6 Å². The molecule has 1 rings (SSSR count). The number of nitrogens with one attached hydrogen (secondary N) is 2. The van der Waals surface area contributed by atoms with Gasteiger partial charge in [0.1, 0.15) is 24.0 Å². The number of methoxy groups -OCH3 is 1. The van der Waals surface area contributed by atoms with Gasteiger partial charge in [-0.15, -0.1) is 0 Å². The SMILES string of the molecule is CCNc1ncnc(NC(C)C(=O)OC)c1C. The quantitative estimate of drug-likeness (QED) is 0.750. The van der Waals surface area contributed by atoms with Gasteiger partial charge in [-0.1, -0.05) is 0 Å². The summed E-state index contributed by atoms with van der Waals surface area (Å²) in [5.41, 5.74) is 0.880. The maximum atomic E-state index is 11.3. The third-order valence-electron chi connectivity index (χ3n) is 2.34. The standard InChI is InChI=1S/C11H18N4O2/c1-5-12-9-7(2)10(14-6-13-9)15-8(3)11(16)17-4/h6,8H,5H2,1-4H3,(H2,12,13,14,15). The van der Waals surface area contributed by atoms with Crippen molar-refractivity contribution in [2.24, 2.45) is 0 Å². The van der Waals surface area contributed by atoms with E-state index in [4.69, 9.17) is 0 Å². The zero-order chi connectivity index (χ0) is 12.8. The number of aromatic nitrogens is 2. The second kappa shape index (κ2) is 6.03. The van der Waals surface area contributed by atoms with E-state index in [9.17, 15) is 4.79 Å². The molecule has 1 aromatic heterocycles. The summed E-state index contributed by atoms with van der Waals surface area (Å²) < 4.78 is 4.64. The number of esters is 1. The highest BCUT2D eigenvalue weighted by Gasteiger charge is 2.15. The molecule has 0 aromatic carbocycles. The number of carbonyl (C=O) groups excluding carboxylic acids is 1. The van der Waals surface area contributed by atoms with E-state index in [1.54, 1.807) is 6.92 Å². The van der Waals surface area contributed by atoms with Gasteiger partial charge in [-0.25, -0.2) is 14.8 Å². The molecular formula is C11H18N4O2. The zero-order valence-electron chi connectivity index (χ0n) is 10.6. The Kier molecular flexibility index (Phi) is 4.68. The first kappa shape index (κ1) is 13.2. The molecule has 0 aliphatic carbocycles. The third-order valence-corrected chi connectivity index (χ3v) is 2.34. The molecule has 0 aliphatic rings. The van der Waals surface area contributed by atoms with E-state index >= 15 is 0 Å². The van der Waals surface area contributed by atoms with Crippen LogP contribution in [0.4, 0.5) is 11.6 Å². The second-order valence-electron chi connectivity index (χ2n) is 3.62. The Balaban J connectivity index is 2.84. The van der Waals surface area contributed by atoms with Crippen molar-refractivity contribution in [1.29, 1.82) is 0 Å². The number of carbonyl (C=O) groups is 1. The van der Waals surface area contributed by atoms with Crippen LogP contribution < -0.4 is 10.6 Å². The Morgan fingerprint density at radius 2 is 2.12 bits per heavy atom. The summed E-state index contributed by atoms with van der Waals surface area (Å²) in [5, 5.41) is 6.12. The Labute approximate surface area is 101 Å². The molecule has 1 unspecified atom stereocenters. The van der Waals surface area contributed by atoms with Crippen LogP contribution in [0.1, 0.15) is 19.4 Å². The molecule has 6 heteroatoms. The average Bonchev–Trinajstić information content (AvgIpc) is 2.33. The number of hydrogen-bond acceptors (Lipinski definition) is 6. The van der Waals surface area contributed by atoms with E-state index in [0.29, 0.717) is 5.82 Å². The van der Waals surface area contributed by atoms with E-state index in [1.165, 1.54) is 13.4 Å². The van der Waals surface area contributed by atoms with Gasteiger partial charge in [0, 0.05) is 12.1 Å². The minimum atomic E-state index is -0.442. The topological polar surface area (TPSA) is 76.1 Å². The van der Waals surface area contributed by atoms with Crippen LogP contribution in [0.15, 0.2) is 6.33 Å². The fourth-order valence-electron chi connectivity index (χ4n) is 1.38. The molecule has 2 N–H and O–H groups in total. The van der Waals surface area contributed by atoms with Crippen molar-refractivity contribution in [3.63, 3.8) is 0 Å². The van der Waals surface area contributed by atoms with Gasteiger partial charge in [0.25, 0.3) is 0 Å². The number of nitrogens with zero attached hydrogens (tertiary/aromatic N) is 2. The van der Waals surface area contributed by atoms with Crippen LogP contribution in [0.5, 0.6) is 0 Å². The van der Waals surface area contributed by atoms with Crippen molar-refractivity contribution in [2.45, 2.75) is 26.8 Å². The van der Waals surface area contributed by atoms with Crippen molar-refractivity contribution in [1.82, 2.24) is 9.97 Å². The molecule has 0 saturated carbocycles. The highest BCUT2D eigenvalue weighted by molar-refractivity contribution is 5.78. The lowest BCUT2D eigenvalue weighted by Crippen LogP contribution is -2.28. The third kappa shape index (κ3) is 3.30. The molecule has 1 aromatic rings. The summed E-state index contributed by atoms with van der Waals surface area (Å²) in [5.74, 6) is 1.07. The highest BCUT2D eigenvalue weighted by Crippen LogP contribution is 2.18. The minimum absolute atomic E-state index is 0.326. The van der Waals surface area contributed by atoms with Crippen molar-refractivity contribution < 1.29 is 9.53 Å². The first-order chi connectivity index (χ1) is 8.10. The predicted octanol–water partition coefficient (Wildman–Crippen LogP) is 1.19. The smallest absolute Gasteiger partial charge is 0.328 e. The van der Waals surface area contributed by atoms with Crippen LogP contribution in [-0.2, 0) is 9.53 Å². The van der Waals surface area contributed by atoms with Gasteiger partial charge in [-0.2, -0.15) is 0 Å². The highest BCUT2D eigenvalue weighted by atomic mass is 16.5. The number of rotatable bonds is 5. The van der Waals surface area contributed by atoms with Crippen LogP contribution >= 0.6 is 0 Å². The van der Waals surface area contributed by atoms with Gasteiger partial charge in [0.05, 0.1) is 7.11 Å². The molecule has 6 nitrogen and oxygen atoms in total. The molecule has 0 aliphatic heterocycles. The molecular weight excluding hydrogens is 220 g/mol. The first-order valence-corrected chi connectivity index (χ1v) is 5.50. The minimum Gasteiger partial charge on any atom is -0.467 e. The van der Waals surface area contributed by atoms with Gasteiger partial charge >= 0.3 is 5.97 Å². The fourth-order valence-corrected chi connectivity index (χ4v) is 1.38. The predicted molar refractivity (Wildman–Crippen MR) is 66.0 cm³/mol. The maximum absolute atomic E-state index is 11.3. The fraction of sp³-hybridized carbons (Fsp3) is 0.545. The lowest BCUT2D eigenvalue weighted by atomic mass is 10.2. The van der Waals surface area contributed by atoms with Crippen LogP contribution in [0.3, 0.4) is 0 Å². The summed E-state index contributed by atoms with van der Waals surface area (Å²) in [4.78, 5) is 19.5. The maximum Gasteiger partial charge on any atom is 0.328 e. The van der Waals surface area contributed by atoms with Gasteiger partial charge in [0.15, 0.2) is 0 Å². The van der Waals surface area contributed by atoms with E-state index in [2.05, 4.69) is 25.3 Å². The Morgan fingerprint density at radius 1 is 1.47 bits per heavy atom. The summed E-state index contributed by atoms with van der Waals surface area (Å²) in [6, 6.07) is -0.442. The Hall–Kier alpha value is -1.85. The van der Waals surface area contributed by atoms with E-state index < -0.39 is 6.04 Å². The summed E-state index contributed by atoms with van der Waals surface area (Å²) in [7, 11) is 1.36. The van der Waals surface area contributed by atoms with Crippen molar-refractivity contribution in [3.05, 3.63) is 11.9 Å². The molecule has 0 amide bonds. The average molecular weight is 238 g/mol. The van der Waals surface area contributed by atoms with Crippen molar-refractivity contribution in [3.8, 4) is 0 Å². The number of hydrogen-bond donors (Lipinski definition) is 2. The number of anilines is 2. The molecule has 0 saturated heterocycles. The lowest BCUT2D eigenvalue weighted by molar-refractivity contribution is -0.141. The van der Waals surface area contributed by atoms with Crippen LogP contribution in [0, 0.1) is 6.92 Å². The Morgan fingerprint density at radius 3 is 2.71 bits per heavy atom. The van der Waals surface area contributed by atoms with Gasteiger partial charge in [-0.3, -0.25) is 0 Å². The second-order valence-corrected chi connectivity index (χ2v) is 3.62. The van der Waals surface area contributed by atoms with Gasteiger partial charge in [-0.05, 0) is 20.8 Å². The van der Waals surface area contributed by atoms with Gasteiger partial charge < -0.3 is 15.4 Å². The first-order valence-electron chi connectivity index (χ1n) is 5.50. The largest absolute Gasteiger partial charge is 0.467 e. The molecule has 0 bridgehead atoms. The van der Waals surface area contributed by atoms with E-state index in [1.807, 2.05) is 13.8 Å². The van der Waals surface area contributed by atoms with Crippen LogP contribution in [0.25, 0.3) is 0 Å². The van der Waals surface area contributed by atoms with Gasteiger partial charge in [0.2, 0.25) is 0 Å². The summed E-state index contributed by atoms with van der Waals surface area (Å²) in [6.45, 7) is 6.39. The molecule has 94 valence electrons. The monoisotopic (exact) mass is 238 g/mol. The Bertz CT molecular complexity index is 395. The lowest BCUT2D eigenvalue weighted by Gasteiger charge is -2.15.